The summed E-state index contributed by atoms with van der Waals surface area (Å²) in [5.74, 6) is 0. The normalized spacial score (nSPS) is 11.2. The highest BCUT2D eigenvalue weighted by atomic mass is 28.3. The molecule has 0 amide bonds. The number of allylic oxidation sites excluding steroid dienone is 3. The largest absolute Gasteiger partial charge is 0.100 e. The van der Waals surface area contributed by atoms with Crippen LogP contribution in [0.1, 0.15) is 34.1 Å². The minimum absolute atomic E-state index is 1.24. The summed E-state index contributed by atoms with van der Waals surface area (Å²) >= 11 is 0. The van der Waals surface area contributed by atoms with Gasteiger partial charge in [-0.05, 0) is 38.9 Å². The van der Waals surface area contributed by atoms with Crippen molar-refractivity contribution in [1.29, 1.82) is 0 Å². The fourth-order valence-electron chi connectivity index (χ4n) is 2.90. The van der Waals surface area contributed by atoms with Gasteiger partial charge in [0.1, 0.15) is 0 Å². The van der Waals surface area contributed by atoms with Gasteiger partial charge < -0.3 is 0 Å². The molecule has 0 aliphatic rings. The van der Waals surface area contributed by atoms with Gasteiger partial charge in [-0.3, -0.25) is 0 Å². The van der Waals surface area contributed by atoms with E-state index in [0.717, 1.165) is 0 Å². The van der Waals surface area contributed by atoms with E-state index in [2.05, 4.69) is 47.4 Å². The maximum atomic E-state index is 4.11. The summed E-state index contributed by atoms with van der Waals surface area (Å²) in [6.45, 7) is 21.1. The molecule has 0 unspecified atom stereocenters. The molecule has 0 saturated carbocycles. The van der Waals surface area contributed by atoms with Crippen LogP contribution in [0.5, 0.6) is 0 Å². The lowest BCUT2D eigenvalue weighted by Crippen LogP contribution is -2.34. The van der Waals surface area contributed by atoms with Gasteiger partial charge in [-0.25, -0.2) is 0 Å². The molecule has 1 heteroatoms. The van der Waals surface area contributed by atoms with E-state index in [0.29, 0.717) is 0 Å². The summed E-state index contributed by atoms with van der Waals surface area (Å²) in [4.78, 5) is 0. The second-order valence-electron chi connectivity index (χ2n) is 5.65. The Balaban J connectivity index is 4.93. The molecule has 0 aliphatic heterocycles. The fraction of sp³-hybridized carbons (Fsp3) is 0.600. The lowest BCUT2D eigenvalue weighted by atomic mass is 10.4. The van der Waals surface area contributed by atoms with E-state index in [1.54, 1.807) is 0 Å². The van der Waals surface area contributed by atoms with Crippen molar-refractivity contribution in [2.45, 2.75) is 58.3 Å². The standard InChI is InChI=1S/C15H28Si/c1-8-9-16(10-13(2)3,11-14(4)5)12-15(6)7/h2,4,6,8-12H2,1,3,5,7H3. The van der Waals surface area contributed by atoms with Crippen molar-refractivity contribution < 1.29 is 0 Å². The quantitative estimate of drug-likeness (QED) is 0.381. The van der Waals surface area contributed by atoms with E-state index in [1.807, 2.05) is 0 Å². The summed E-state index contributed by atoms with van der Waals surface area (Å²) in [6, 6.07) is 5.08. The van der Waals surface area contributed by atoms with Gasteiger partial charge in [0, 0.05) is 0 Å². The predicted octanol–water partition coefficient (Wildman–Crippen LogP) is 5.57. The third-order valence-corrected chi connectivity index (χ3v) is 8.43. The Morgan fingerprint density at radius 2 is 1.12 bits per heavy atom. The first-order valence-electron chi connectivity index (χ1n) is 6.24. The smallest absolute Gasteiger partial charge is 0.0655 e. The van der Waals surface area contributed by atoms with Gasteiger partial charge in [-0.15, -0.1) is 19.7 Å². The number of hydrogen-bond acceptors (Lipinski definition) is 0. The molecule has 16 heavy (non-hydrogen) atoms. The van der Waals surface area contributed by atoms with Crippen LogP contribution in [0, 0.1) is 0 Å². The molecule has 0 heterocycles. The molecule has 0 aromatic carbocycles. The Labute approximate surface area is 103 Å². The molecule has 0 spiro atoms. The topological polar surface area (TPSA) is 0 Å². The van der Waals surface area contributed by atoms with Crippen molar-refractivity contribution in [3.8, 4) is 0 Å². The molecule has 0 saturated heterocycles. The van der Waals surface area contributed by atoms with Crippen LogP contribution in [0.25, 0.3) is 0 Å². The Morgan fingerprint density at radius 1 is 0.812 bits per heavy atom. The molecular formula is C15H28Si. The number of rotatable bonds is 8. The van der Waals surface area contributed by atoms with Gasteiger partial charge in [-0.1, -0.05) is 36.1 Å². The van der Waals surface area contributed by atoms with E-state index in [9.17, 15) is 0 Å². The second kappa shape index (κ2) is 6.90. The highest BCUT2D eigenvalue weighted by Crippen LogP contribution is 2.34. The maximum absolute atomic E-state index is 4.11. The van der Waals surface area contributed by atoms with Gasteiger partial charge >= 0.3 is 0 Å². The van der Waals surface area contributed by atoms with Crippen molar-refractivity contribution in [2.24, 2.45) is 0 Å². The summed E-state index contributed by atoms with van der Waals surface area (Å²) in [7, 11) is -1.28. The molecule has 0 radical (unpaired) electrons. The lowest BCUT2D eigenvalue weighted by Gasteiger charge is -2.32. The third-order valence-electron chi connectivity index (χ3n) is 2.81. The average Bonchev–Trinajstić information content (AvgIpc) is 1.98. The van der Waals surface area contributed by atoms with E-state index < -0.39 is 8.07 Å². The molecular weight excluding hydrogens is 208 g/mol. The van der Waals surface area contributed by atoms with Crippen LogP contribution in [0.15, 0.2) is 36.5 Å². The minimum Gasteiger partial charge on any atom is -0.100 e. The summed E-state index contributed by atoms with van der Waals surface area (Å²) in [6.07, 6.45) is 1.28. The van der Waals surface area contributed by atoms with Crippen molar-refractivity contribution in [3.05, 3.63) is 36.5 Å². The van der Waals surface area contributed by atoms with E-state index in [-0.39, 0.29) is 0 Å². The summed E-state index contributed by atoms with van der Waals surface area (Å²) in [5, 5.41) is 0. The second-order valence-corrected chi connectivity index (χ2v) is 10.2. The zero-order chi connectivity index (χ0) is 12.8. The Hall–Kier alpha value is -0.563. The molecule has 0 bridgehead atoms. The summed E-state index contributed by atoms with van der Waals surface area (Å²) < 4.78 is 0. The molecule has 0 aromatic rings. The molecule has 0 atom stereocenters. The van der Waals surface area contributed by atoms with Crippen LogP contribution >= 0.6 is 0 Å². The van der Waals surface area contributed by atoms with Gasteiger partial charge in [0.2, 0.25) is 0 Å². The highest BCUT2D eigenvalue weighted by Gasteiger charge is 2.31. The Morgan fingerprint density at radius 3 is 1.31 bits per heavy atom. The van der Waals surface area contributed by atoms with Gasteiger partial charge in [0.25, 0.3) is 0 Å². The molecule has 0 aliphatic carbocycles. The highest BCUT2D eigenvalue weighted by molar-refractivity contribution is 6.81. The predicted molar refractivity (Wildman–Crippen MR) is 79.7 cm³/mol. The monoisotopic (exact) mass is 236 g/mol. The Bertz CT molecular complexity index is 232. The lowest BCUT2D eigenvalue weighted by molar-refractivity contribution is 1.00. The molecule has 0 N–H and O–H groups in total. The van der Waals surface area contributed by atoms with Crippen LogP contribution < -0.4 is 0 Å². The first-order valence-corrected chi connectivity index (χ1v) is 9.07. The van der Waals surface area contributed by atoms with Crippen molar-refractivity contribution in [2.75, 3.05) is 0 Å². The van der Waals surface area contributed by atoms with Crippen LogP contribution in [-0.2, 0) is 0 Å². The first-order chi connectivity index (χ1) is 7.31. The minimum atomic E-state index is -1.28. The zero-order valence-electron chi connectivity index (χ0n) is 11.7. The van der Waals surface area contributed by atoms with Crippen LogP contribution in [0.2, 0.25) is 24.2 Å². The van der Waals surface area contributed by atoms with Crippen molar-refractivity contribution >= 4 is 8.07 Å². The molecule has 92 valence electrons. The van der Waals surface area contributed by atoms with E-state index in [4.69, 9.17) is 0 Å². The van der Waals surface area contributed by atoms with Gasteiger partial charge in [0.05, 0.1) is 8.07 Å². The molecule has 0 nitrogen and oxygen atoms in total. The SMILES string of the molecule is C=C(C)C[Si](CCC)(CC(=C)C)CC(=C)C. The van der Waals surface area contributed by atoms with Gasteiger partial charge in [-0.2, -0.15) is 0 Å². The molecule has 0 aromatic heterocycles. The third kappa shape index (κ3) is 6.11. The maximum Gasteiger partial charge on any atom is 0.0655 e. The average molecular weight is 236 g/mol. The van der Waals surface area contributed by atoms with Crippen LogP contribution in [0.3, 0.4) is 0 Å². The van der Waals surface area contributed by atoms with Crippen molar-refractivity contribution in [3.63, 3.8) is 0 Å². The Kier molecular flexibility index (Phi) is 6.66. The van der Waals surface area contributed by atoms with Crippen LogP contribution in [-0.4, -0.2) is 8.07 Å². The molecule has 0 fully saturated rings. The van der Waals surface area contributed by atoms with E-state index in [1.165, 1.54) is 47.3 Å². The van der Waals surface area contributed by atoms with E-state index >= 15 is 0 Å². The van der Waals surface area contributed by atoms with Gasteiger partial charge in [0.15, 0.2) is 0 Å². The zero-order valence-corrected chi connectivity index (χ0v) is 12.7. The summed E-state index contributed by atoms with van der Waals surface area (Å²) in [5.41, 5.74) is 4.01. The molecule has 0 rings (SSSR count). The van der Waals surface area contributed by atoms with Crippen LogP contribution in [0.4, 0.5) is 0 Å². The first kappa shape index (κ1) is 15.4. The van der Waals surface area contributed by atoms with Crippen molar-refractivity contribution in [1.82, 2.24) is 0 Å². The fourth-order valence-corrected chi connectivity index (χ4v) is 8.71. The number of hydrogen-bond donors (Lipinski definition) is 0.